The molecule has 0 saturated heterocycles. The van der Waals surface area contributed by atoms with Crippen LogP contribution in [0.3, 0.4) is 0 Å². The highest BCUT2D eigenvalue weighted by molar-refractivity contribution is 5.86. The zero-order chi connectivity index (χ0) is 14.7. The van der Waals surface area contributed by atoms with E-state index in [1.165, 1.54) is 49.9 Å². The Hall–Kier alpha value is -1.91. The number of nitrogens with one attached hydrogen (secondary N) is 1. The number of rotatable bonds is 3. The van der Waals surface area contributed by atoms with Crippen molar-refractivity contribution in [2.75, 3.05) is 5.43 Å². The lowest BCUT2D eigenvalue weighted by Crippen LogP contribution is -2.28. The highest BCUT2D eigenvalue weighted by atomic mass is 16.6. The topological polar surface area (TPSA) is 67.5 Å². The van der Waals surface area contributed by atoms with E-state index in [1.54, 1.807) is 6.07 Å². The fraction of sp³-hybridized carbons (Fsp3) is 0.562. The molecule has 3 rings (SSSR count). The van der Waals surface area contributed by atoms with E-state index in [0.717, 1.165) is 24.7 Å². The molecule has 0 spiro atoms. The molecule has 2 atom stereocenters. The Balaban J connectivity index is 1.63. The summed E-state index contributed by atoms with van der Waals surface area (Å²) in [6.45, 7) is 0. The summed E-state index contributed by atoms with van der Waals surface area (Å²) in [7, 11) is 0. The monoisotopic (exact) mass is 287 g/mol. The van der Waals surface area contributed by atoms with Crippen LogP contribution in [-0.2, 0) is 0 Å². The molecule has 0 aliphatic heterocycles. The third-order valence-electron chi connectivity index (χ3n) is 4.77. The zero-order valence-corrected chi connectivity index (χ0v) is 12.1. The van der Waals surface area contributed by atoms with E-state index >= 15 is 0 Å². The van der Waals surface area contributed by atoms with Gasteiger partial charge in [0.15, 0.2) is 0 Å². The molecule has 1 aromatic rings. The molecular weight excluding hydrogens is 266 g/mol. The number of nitro groups is 1. The normalized spacial score (nSPS) is 27.1. The van der Waals surface area contributed by atoms with E-state index in [-0.39, 0.29) is 10.6 Å². The van der Waals surface area contributed by atoms with Crippen LogP contribution in [0.5, 0.6) is 0 Å². The SMILES string of the molecule is O=[N+]([O-])c1cccc(N/N=C2\CC[C@@H]3CCCC[C@@H]3C2)c1. The Bertz CT molecular complexity index is 556. The number of hydrogen-bond donors (Lipinski definition) is 1. The number of fused-ring (bicyclic) bond motifs is 1. The van der Waals surface area contributed by atoms with Crippen molar-refractivity contribution in [2.24, 2.45) is 16.9 Å². The molecule has 5 heteroatoms. The molecule has 0 amide bonds. The number of non-ortho nitro benzene ring substituents is 1. The van der Waals surface area contributed by atoms with Gasteiger partial charge in [0.25, 0.3) is 5.69 Å². The summed E-state index contributed by atoms with van der Waals surface area (Å²) in [5, 5.41) is 15.2. The summed E-state index contributed by atoms with van der Waals surface area (Å²) in [5.41, 5.74) is 4.98. The van der Waals surface area contributed by atoms with Crippen molar-refractivity contribution in [3.8, 4) is 0 Å². The van der Waals surface area contributed by atoms with E-state index in [0.29, 0.717) is 5.69 Å². The highest BCUT2D eigenvalue weighted by Gasteiger charge is 2.30. The smallest absolute Gasteiger partial charge is 0.271 e. The van der Waals surface area contributed by atoms with Gasteiger partial charge >= 0.3 is 0 Å². The fourth-order valence-electron chi connectivity index (χ4n) is 3.62. The predicted octanol–water partition coefficient (Wildman–Crippen LogP) is 4.35. The second kappa shape index (κ2) is 6.24. The predicted molar refractivity (Wildman–Crippen MR) is 83.5 cm³/mol. The van der Waals surface area contributed by atoms with Gasteiger partial charge in [0.1, 0.15) is 0 Å². The minimum atomic E-state index is -0.383. The van der Waals surface area contributed by atoms with E-state index in [1.807, 2.05) is 6.07 Å². The van der Waals surface area contributed by atoms with Gasteiger partial charge in [-0.2, -0.15) is 5.10 Å². The van der Waals surface area contributed by atoms with Crippen molar-refractivity contribution in [1.29, 1.82) is 0 Å². The lowest BCUT2D eigenvalue weighted by atomic mass is 9.70. The number of hydrazone groups is 1. The molecule has 0 radical (unpaired) electrons. The van der Waals surface area contributed by atoms with Gasteiger partial charge in [-0.1, -0.05) is 25.3 Å². The number of benzene rings is 1. The Labute approximate surface area is 124 Å². The molecule has 1 aromatic carbocycles. The van der Waals surface area contributed by atoms with Crippen LogP contribution < -0.4 is 5.43 Å². The highest BCUT2D eigenvalue weighted by Crippen LogP contribution is 2.39. The van der Waals surface area contributed by atoms with Crippen LogP contribution >= 0.6 is 0 Å². The third kappa shape index (κ3) is 3.40. The lowest BCUT2D eigenvalue weighted by Gasteiger charge is -2.35. The van der Waals surface area contributed by atoms with E-state index in [4.69, 9.17) is 0 Å². The van der Waals surface area contributed by atoms with Gasteiger partial charge in [0, 0.05) is 17.8 Å². The van der Waals surface area contributed by atoms with Crippen LogP contribution in [0.15, 0.2) is 29.4 Å². The van der Waals surface area contributed by atoms with Crippen molar-refractivity contribution in [2.45, 2.75) is 44.9 Å². The molecule has 5 nitrogen and oxygen atoms in total. The van der Waals surface area contributed by atoms with Crippen LogP contribution in [-0.4, -0.2) is 10.6 Å². The van der Waals surface area contributed by atoms with Gasteiger partial charge in [0.2, 0.25) is 0 Å². The Morgan fingerprint density at radius 1 is 1.19 bits per heavy atom. The van der Waals surface area contributed by atoms with Crippen molar-refractivity contribution >= 4 is 17.1 Å². The van der Waals surface area contributed by atoms with Gasteiger partial charge in [-0.3, -0.25) is 15.5 Å². The quantitative estimate of drug-likeness (QED) is 0.663. The van der Waals surface area contributed by atoms with E-state index in [9.17, 15) is 10.1 Å². The first-order valence-corrected chi connectivity index (χ1v) is 7.78. The summed E-state index contributed by atoms with van der Waals surface area (Å²) >= 11 is 0. The van der Waals surface area contributed by atoms with Crippen LogP contribution in [0, 0.1) is 22.0 Å². The number of nitrogens with zero attached hydrogens (tertiary/aromatic N) is 2. The fourth-order valence-corrected chi connectivity index (χ4v) is 3.62. The van der Waals surface area contributed by atoms with Crippen molar-refractivity contribution in [1.82, 2.24) is 0 Å². The first-order chi connectivity index (χ1) is 10.2. The van der Waals surface area contributed by atoms with Crippen LogP contribution in [0.25, 0.3) is 0 Å². The van der Waals surface area contributed by atoms with Crippen molar-refractivity contribution < 1.29 is 4.92 Å². The maximum absolute atomic E-state index is 10.8. The van der Waals surface area contributed by atoms with Crippen LogP contribution in [0.2, 0.25) is 0 Å². The third-order valence-corrected chi connectivity index (χ3v) is 4.77. The maximum Gasteiger partial charge on any atom is 0.271 e. The Morgan fingerprint density at radius 2 is 2.00 bits per heavy atom. The van der Waals surface area contributed by atoms with E-state index < -0.39 is 0 Å². The molecule has 2 aliphatic rings. The summed E-state index contributed by atoms with van der Waals surface area (Å²) in [6, 6.07) is 6.50. The molecule has 2 aliphatic carbocycles. The number of hydrogen-bond acceptors (Lipinski definition) is 4. The minimum Gasteiger partial charge on any atom is -0.278 e. The van der Waals surface area contributed by atoms with Gasteiger partial charge in [-0.25, -0.2) is 0 Å². The van der Waals surface area contributed by atoms with Gasteiger partial charge < -0.3 is 0 Å². The van der Waals surface area contributed by atoms with Crippen molar-refractivity contribution in [3.05, 3.63) is 34.4 Å². The van der Waals surface area contributed by atoms with Crippen LogP contribution in [0.4, 0.5) is 11.4 Å². The molecule has 21 heavy (non-hydrogen) atoms. The molecule has 0 heterocycles. The molecule has 0 bridgehead atoms. The van der Waals surface area contributed by atoms with Gasteiger partial charge in [0.05, 0.1) is 10.6 Å². The number of anilines is 1. The van der Waals surface area contributed by atoms with Gasteiger partial charge in [-0.15, -0.1) is 0 Å². The average molecular weight is 287 g/mol. The molecule has 0 unspecified atom stereocenters. The summed E-state index contributed by atoms with van der Waals surface area (Å²) < 4.78 is 0. The second-order valence-electron chi connectivity index (χ2n) is 6.14. The van der Waals surface area contributed by atoms with Crippen LogP contribution in [0.1, 0.15) is 44.9 Å². The Morgan fingerprint density at radius 3 is 2.81 bits per heavy atom. The first-order valence-electron chi connectivity index (χ1n) is 7.78. The maximum atomic E-state index is 10.8. The summed E-state index contributed by atoms with van der Waals surface area (Å²) in [6.07, 6.45) is 8.86. The molecule has 2 saturated carbocycles. The second-order valence-corrected chi connectivity index (χ2v) is 6.14. The average Bonchev–Trinajstić information content (AvgIpc) is 2.53. The standard InChI is InChI=1S/C16H21N3O2/c20-19(21)16-7-3-6-14(11-16)17-18-15-9-8-12-4-1-2-5-13(12)10-15/h3,6-7,11-13,17H,1-2,4-5,8-10H2/b18-15+/t12-,13+/m0/s1. The van der Waals surface area contributed by atoms with Crippen molar-refractivity contribution in [3.63, 3.8) is 0 Å². The molecular formula is C16H21N3O2. The van der Waals surface area contributed by atoms with Gasteiger partial charge in [-0.05, 0) is 43.6 Å². The molecule has 1 N–H and O–H groups in total. The minimum absolute atomic E-state index is 0.0937. The summed E-state index contributed by atoms with van der Waals surface area (Å²) in [4.78, 5) is 10.4. The largest absolute Gasteiger partial charge is 0.278 e. The first kappa shape index (κ1) is 14.0. The number of nitro benzene ring substituents is 1. The summed E-state index contributed by atoms with van der Waals surface area (Å²) in [5.74, 6) is 1.70. The molecule has 2 fully saturated rings. The zero-order valence-electron chi connectivity index (χ0n) is 12.1. The Kier molecular flexibility index (Phi) is 4.18. The lowest BCUT2D eigenvalue weighted by molar-refractivity contribution is -0.384. The molecule has 0 aromatic heterocycles. The molecule has 112 valence electrons. The van der Waals surface area contributed by atoms with E-state index in [2.05, 4.69) is 10.5 Å².